The van der Waals surface area contributed by atoms with Gasteiger partial charge in [-0.25, -0.2) is 0 Å². The average Bonchev–Trinajstić information content (AvgIpc) is 3.59. The minimum Gasteiger partial charge on any atom is -0.505 e. The zero-order valence-electron chi connectivity index (χ0n) is 26.0. The summed E-state index contributed by atoms with van der Waals surface area (Å²) >= 11 is 0. The van der Waals surface area contributed by atoms with E-state index >= 15 is 0 Å². The molecule has 0 bridgehead atoms. The number of amides is 2. The second kappa shape index (κ2) is 10.7. The molecule has 5 aliphatic carbocycles. The lowest BCUT2D eigenvalue weighted by atomic mass is 9.52. The quantitative estimate of drug-likeness (QED) is 0.199. The Bertz CT molecular complexity index is 1530. The molecule has 45 heavy (non-hydrogen) atoms. The number of Topliss-reactive ketones (excluding diaryl/α,β-unsaturated/α-hetero) is 4. The molecule has 6 N–H and O–H groups in total. The average molecular weight is 624 g/mol. The number of benzene rings is 1. The summed E-state index contributed by atoms with van der Waals surface area (Å²) in [7, 11) is 6.58. The molecular weight excluding hydrogens is 582 g/mol. The van der Waals surface area contributed by atoms with Gasteiger partial charge in [-0.2, -0.15) is 0 Å². The maximum absolute atomic E-state index is 14.2. The Hall–Kier alpha value is -3.68. The van der Waals surface area contributed by atoms with Crippen molar-refractivity contribution in [3.05, 3.63) is 17.2 Å². The first-order chi connectivity index (χ1) is 21.1. The van der Waals surface area contributed by atoms with Gasteiger partial charge in [-0.3, -0.25) is 33.7 Å². The third-order valence-corrected chi connectivity index (χ3v) is 11.0. The third kappa shape index (κ3) is 4.78. The number of hydrogen-bond acceptors (Lipinski definition) is 11. The molecule has 13 heteroatoms. The normalized spacial score (nSPS) is 33.1. The number of aliphatic hydroxyl groups is 1. The van der Waals surface area contributed by atoms with Crippen LogP contribution in [0.25, 0.3) is 0 Å². The van der Waals surface area contributed by atoms with Crippen molar-refractivity contribution in [2.75, 3.05) is 45.0 Å². The van der Waals surface area contributed by atoms with Crippen molar-refractivity contribution < 1.29 is 39.0 Å². The highest BCUT2D eigenvalue weighted by molar-refractivity contribution is 6.32. The Labute approximate surface area is 260 Å². The molecule has 0 heterocycles. The van der Waals surface area contributed by atoms with E-state index in [4.69, 9.17) is 5.73 Å². The maximum Gasteiger partial charge on any atom is 0.238 e. The van der Waals surface area contributed by atoms with E-state index in [-0.39, 0.29) is 36.7 Å². The minimum absolute atomic E-state index is 0.00165. The van der Waals surface area contributed by atoms with Gasteiger partial charge in [0.25, 0.3) is 0 Å². The molecule has 0 aromatic heterocycles. The van der Waals surface area contributed by atoms with Gasteiger partial charge >= 0.3 is 0 Å². The number of fused-ring (bicyclic) bond motifs is 3. The Morgan fingerprint density at radius 3 is 2.33 bits per heavy atom. The fourth-order valence-electron chi connectivity index (χ4n) is 8.59. The predicted molar refractivity (Wildman–Crippen MR) is 162 cm³/mol. The number of likely N-dealkylation sites (N-methyl/N-ethyl adjacent to an activating group) is 1. The van der Waals surface area contributed by atoms with Crippen molar-refractivity contribution in [1.29, 1.82) is 0 Å². The van der Waals surface area contributed by atoms with Crippen molar-refractivity contribution in [3.63, 3.8) is 0 Å². The molecule has 5 aliphatic rings. The number of aromatic hydroxyl groups is 1. The van der Waals surface area contributed by atoms with Crippen molar-refractivity contribution in [3.8, 4) is 5.75 Å². The smallest absolute Gasteiger partial charge is 0.238 e. The molecule has 1 aromatic carbocycles. The summed E-state index contributed by atoms with van der Waals surface area (Å²) in [4.78, 5) is 83.4. The summed E-state index contributed by atoms with van der Waals surface area (Å²) in [5.41, 5.74) is 3.88. The number of carbonyl (C=O) groups is 6. The maximum atomic E-state index is 14.2. The SMILES string of the molecule is CN(C)c1cc(NC(=O)CNC2CCC3(CC3)C2)c(O)c2c1C[C@H]1C[C@H]3[C@H](N(C)C)C(=O)C(C(N)=O)C(=O)[C@@]3(O)C(=O)C1C2=O. The standard InChI is InChI=1S/C32H41N5O8/c1-36(2)19-11-18(35-20(38)13-34-15-5-6-31(12-15)7-8-31)25(39)22-16(19)9-14-10-17-24(37(3)4)27(41)23(30(33)44)29(43)32(17,45)28(42)21(14)26(22)40/h11,14-15,17,21,23-24,34,39,45H,5-10,12-13H2,1-4H3,(H2,33,44)(H,35,38)/t14-,15?,17-,21?,23?,24-,32-/m0/s1. The van der Waals surface area contributed by atoms with Gasteiger partial charge in [0.1, 0.15) is 5.75 Å². The van der Waals surface area contributed by atoms with Crippen molar-refractivity contribution in [1.82, 2.24) is 10.2 Å². The van der Waals surface area contributed by atoms with Crippen LogP contribution in [0.2, 0.25) is 0 Å². The first-order valence-electron chi connectivity index (χ1n) is 15.6. The summed E-state index contributed by atoms with van der Waals surface area (Å²) in [5.74, 6) is -11.6. The Kier molecular flexibility index (Phi) is 7.45. The molecule has 0 saturated heterocycles. The number of nitrogens with zero attached hydrogens (tertiary/aromatic N) is 2. The van der Waals surface area contributed by atoms with Crippen LogP contribution in [0.3, 0.4) is 0 Å². The number of phenolic OH excluding ortho intramolecular Hbond substituents is 1. The molecule has 4 fully saturated rings. The topological polar surface area (TPSA) is 199 Å². The molecule has 4 saturated carbocycles. The van der Waals surface area contributed by atoms with Crippen LogP contribution in [-0.4, -0.2) is 102 Å². The number of primary amides is 1. The van der Waals surface area contributed by atoms with Crippen LogP contribution in [-0.2, 0) is 30.4 Å². The lowest BCUT2D eigenvalue weighted by Crippen LogP contribution is -2.74. The van der Waals surface area contributed by atoms with E-state index in [1.165, 1.54) is 17.7 Å². The largest absolute Gasteiger partial charge is 0.505 e. The highest BCUT2D eigenvalue weighted by atomic mass is 16.3. The molecule has 1 aromatic rings. The van der Waals surface area contributed by atoms with Crippen LogP contribution in [0.4, 0.5) is 11.4 Å². The molecule has 6 rings (SSSR count). The highest BCUT2D eigenvalue weighted by Crippen LogP contribution is 2.58. The van der Waals surface area contributed by atoms with Crippen molar-refractivity contribution in [2.45, 2.75) is 62.6 Å². The summed E-state index contributed by atoms with van der Waals surface area (Å²) in [6.45, 7) is 0.0228. The Morgan fingerprint density at radius 1 is 1.07 bits per heavy atom. The van der Waals surface area contributed by atoms with E-state index < -0.39 is 76.0 Å². The molecule has 1 spiro atoms. The molecule has 0 radical (unpaired) electrons. The van der Waals surface area contributed by atoms with Gasteiger partial charge in [0.15, 0.2) is 34.7 Å². The van der Waals surface area contributed by atoms with E-state index in [9.17, 15) is 39.0 Å². The van der Waals surface area contributed by atoms with Crippen LogP contribution in [0.15, 0.2) is 6.07 Å². The molecule has 242 valence electrons. The molecular formula is C32H41N5O8. The van der Waals surface area contributed by atoms with Crippen LogP contribution in [0.1, 0.15) is 54.4 Å². The molecule has 7 atom stereocenters. The van der Waals surface area contributed by atoms with Crippen LogP contribution >= 0.6 is 0 Å². The number of ketones is 4. The highest BCUT2D eigenvalue weighted by Gasteiger charge is 2.69. The number of hydrogen-bond donors (Lipinski definition) is 5. The van der Waals surface area contributed by atoms with E-state index in [0.717, 1.165) is 19.3 Å². The second-order valence-electron chi connectivity index (χ2n) is 14.2. The lowest BCUT2D eigenvalue weighted by Gasteiger charge is -2.52. The van der Waals surface area contributed by atoms with Crippen molar-refractivity contribution >= 4 is 46.3 Å². The Balaban J connectivity index is 1.33. The fraction of sp³-hybridized carbons (Fsp3) is 0.625. The summed E-state index contributed by atoms with van der Waals surface area (Å²) in [6.07, 6.45) is 5.77. The van der Waals surface area contributed by atoms with Gasteiger partial charge in [0, 0.05) is 31.7 Å². The number of rotatable bonds is 7. The molecule has 13 nitrogen and oxygen atoms in total. The summed E-state index contributed by atoms with van der Waals surface area (Å²) in [6, 6.07) is 0.666. The Morgan fingerprint density at radius 2 is 1.76 bits per heavy atom. The zero-order valence-corrected chi connectivity index (χ0v) is 26.0. The minimum atomic E-state index is -2.80. The van der Waals surface area contributed by atoms with Gasteiger partial charge in [-0.15, -0.1) is 0 Å². The summed E-state index contributed by atoms with van der Waals surface area (Å²) < 4.78 is 0. The monoisotopic (exact) mass is 623 g/mol. The van der Waals surface area contributed by atoms with Crippen LogP contribution in [0.5, 0.6) is 5.75 Å². The predicted octanol–water partition coefficient (Wildman–Crippen LogP) is -0.206. The van der Waals surface area contributed by atoms with E-state index in [1.54, 1.807) is 39.2 Å². The first-order valence-corrected chi connectivity index (χ1v) is 15.6. The second-order valence-corrected chi connectivity index (χ2v) is 14.2. The number of nitrogens with two attached hydrogens (primary N) is 1. The van der Waals surface area contributed by atoms with E-state index in [0.29, 0.717) is 16.7 Å². The molecule has 2 amide bonds. The number of nitrogens with one attached hydrogen (secondary N) is 2. The van der Waals surface area contributed by atoms with Gasteiger partial charge in [0.05, 0.1) is 29.8 Å². The van der Waals surface area contributed by atoms with Gasteiger partial charge in [-0.1, -0.05) is 0 Å². The van der Waals surface area contributed by atoms with E-state index in [2.05, 4.69) is 10.6 Å². The lowest BCUT2D eigenvalue weighted by molar-refractivity contribution is -0.181. The van der Waals surface area contributed by atoms with Crippen molar-refractivity contribution in [2.24, 2.45) is 34.8 Å². The fourth-order valence-corrected chi connectivity index (χ4v) is 8.59. The number of phenols is 1. The van der Waals surface area contributed by atoms with Gasteiger partial charge in [0.2, 0.25) is 11.8 Å². The molecule has 0 aliphatic heterocycles. The zero-order chi connectivity index (χ0) is 32.7. The number of carbonyl (C=O) groups excluding carboxylic acids is 6. The molecule has 3 unspecified atom stereocenters. The first kappa shape index (κ1) is 31.3. The van der Waals surface area contributed by atoms with Gasteiger partial charge in [-0.05, 0) is 82.0 Å². The third-order valence-electron chi connectivity index (χ3n) is 11.0. The number of anilines is 2. The van der Waals surface area contributed by atoms with Gasteiger partial charge < -0.3 is 31.5 Å². The van der Waals surface area contributed by atoms with E-state index in [1.807, 2.05) is 0 Å². The van der Waals surface area contributed by atoms with Crippen LogP contribution in [0, 0.1) is 29.1 Å². The van der Waals surface area contributed by atoms with Crippen LogP contribution < -0.4 is 21.3 Å². The summed E-state index contributed by atoms with van der Waals surface area (Å²) in [5, 5.41) is 29.2.